The van der Waals surface area contributed by atoms with Crippen molar-refractivity contribution in [2.24, 2.45) is 0 Å². The van der Waals surface area contributed by atoms with Crippen molar-refractivity contribution in [3.8, 4) is 12.3 Å². The van der Waals surface area contributed by atoms with Crippen LogP contribution in [0.2, 0.25) is 0 Å². The zero-order valence-corrected chi connectivity index (χ0v) is 6.43. The Labute approximate surface area is 62.6 Å². The molecule has 0 aromatic rings. The molecule has 0 bridgehead atoms. The maximum absolute atomic E-state index is 9.07. The van der Waals surface area contributed by atoms with Crippen LogP contribution in [-0.2, 0) is 0 Å². The fraction of sp³-hybridized carbons (Fsp3) is 0.750. The molecule has 0 spiro atoms. The Morgan fingerprint density at radius 1 is 1.70 bits per heavy atom. The van der Waals surface area contributed by atoms with Crippen LogP contribution in [0.15, 0.2) is 0 Å². The van der Waals surface area contributed by atoms with Gasteiger partial charge in [0, 0.05) is 0 Å². The van der Waals surface area contributed by atoms with Gasteiger partial charge in [0.05, 0.1) is 12.6 Å². The molecule has 0 aliphatic carbocycles. The van der Waals surface area contributed by atoms with Crippen molar-refractivity contribution in [3.63, 3.8) is 0 Å². The third-order valence-electron chi connectivity index (χ3n) is 1.35. The summed E-state index contributed by atoms with van der Waals surface area (Å²) >= 11 is 0. The first-order valence-electron chi connectivity index (χ1n) is 3.63. The van der Waals surface area contributed by atoms with Crippen molar-refractivity contribution in [1.82, 2.24) is 5.32 Å². The van der Waals surface area contributed by atoms with Crippen LogP contribution in [0.5, 0.6) is 0 Å². The Morgan fingerprint density at radius 2 is 2.40 bits per heavy atom. The van der Waals surface area contributed by atoms with Crippen molar-refractivity contribution in [2.75, 3.05) is 13.1 Å². The highest BCUT2D eigenvalue weighted by molar-refractivity contribution is 4.86. The Bertz CT molecular complexity index is 106. The van der Waals surface area contributed by atoms with Crippen LogP contribution in [0.25, 0.3) is 0 Å². The quantitative estimate of drug-likeness (QED) is 0.428. The second kappa shape index (κ2) is 6.60. The van der Waals surface area contributed by atoms with Gasteiger partial charge in [0.25, 0.3) is 0 Å². The number of nitrogens with one attached hydrogen (secondary N) is 1. The number of terminal acetylenes is 1. The summed E-state index contributed by atoms with van der Waals surface area (Å²) in [5.41, 5.74) is 0. The fourth-order valence-corrected chi connectivity index (χ4v) is 0.633. The molecule has 0 saturated heterocycles. The molecule has 0 saturated carbocycles. The van der Waals surface area contributed by atoms with Crippen LogP contribution in [-0.4, -0.2) is 24.3 Å². The third-order valence-corrected chi connectivity index (χ3v) is 1.35. The highest BCUT2D eigenvalue weighted by Gasteiger charge is 1.97. The molecule has 1 unspecified atom stereocenters. The smallest absolute Gasteiger partial charge is 0.0573 e. The monoisotopic (exact) mass is 141 g/mol. The summed E-state index contributed by atoms with van der Waals surface area (Å²) in [7, 11) is 0. The molecule has 2 N–H and O–H groups in total. The standard InChI is InChI=1S/C8H15NO/c1-3-6-9-7-5-8(10)4-2/h1,8-10H,4-7H2,2H3. The van der Waals surface area contributed by atoms with Crippen molar-refractivity contribution in [1.29, 1.82) is 0 Å². The van der Waals surface area contributed by atoms with E-state index in [-0.39, 0.29) is 6.10 Å². The molecule has 0 rings (SSSR count). The van der Waals surface area contributed by atoms with E-state index in [0.717, 1.165) is 19.4 Å². The normalized spacial score (nSPS) is 12.5. The van der Waals surface area contributed by atoms with Crippen molar-refractivity contribution >= 4 is 0 Å². The van der Waals surface area contributed by atoms with Crippen molar-refractivity contribution < 1.29 is 5.11 Å². The van der Waals surface area contributed by atoms with Gasteiger partial charge in [0.2, 0.25) is 0 Å². The Balaban J connectivity index is 2.98. The SMILES string of the molecule is C#CCNCCC(O)CC. The molecule has 0 aromatic carbocycles. The van der Waals surface area contributed by atoms with Crippen LogP contribution < -0.4 is 5.32 Å². The Morgan fingerprint density at radius 3 is 2.90 bits per heavy atom. The fourth-order valence-electron chi connectivity index (χ4n) is 0.633. The van der Waals surface area contributed by atoms with Gasteiger partial charge in [-0.05, 0) is 19.4 Å². The maximum Gasteiger partial charge on any atom is 0.0573 e. The predicted octanol–water partition coefficient (Wildman–Crippen LogP) is 0.370. The topological polar surface area (TPSA) is 32.3 Å². The van der Waals surface area contributed by atoms with Gasteiger partial charge in [-0.2, -0.15) is 0 Å². The Hall–Kier alpha value is -0.520. The van der Waals surface area contributed by atoms with Crippen LogP contribution >= 0.6 is 0 Å². The lowest BCUT2D eigenvalue weighted by Crippen LogP contribution is -2.20. The summed E-state index contributed by atoms with van der Waals surface area (Å²) in [6, 6.07) is 0. The summed E-state index contributed by atoms with van der Waals surface area (Å²) in [6.07, 6.45) is 6.43. The second-order valence-electron chi connectivity index (χ2n) is 2.23. The summed E-state index contributed by atoms with van der Waals surface area (Å²) in [4.78, 5) is 0. The van der Waals surface area contributed by atoms with Crippen LogP contribution in [0, 0.1) is 12.3 Å². The average molecular weight is 141 g/mol. The summed E-state index contributed by atoms with van der Waals surface area (Å²) < 4.78 is 0. The minimum absolute atomic E-state index is 0.176. The highest BCUT2D eigenvalue weighted by Crippen LogP contribution is 1.93. The number of hydrogen-bond donors (Lipinski definition) is 2. The largest absolute Gasteiger partial charge is 0.393 e. The molecule has 0 amide bonds. The first-order valence-corrected chi connectivity index (χ1v) is 3.63. The van der Waals surface area contributed by atoms with E-state index in [1.54, 1.807) is 0 Å². The second-order valence-corrected chi connectivity index (χ2v) is 2.23. The minimum atomic E-state index is -0.176. The van der Waals surface area contributed by atoms with Crippen LogP contribution in [0.3, 0.4) is 0 Å². The predicted molar refractivity (Wildman–Crippen MR) is 42.6 cm³/mol. The molecule has 0 aromatic heterocycles. The lowest BCUT2D eigenvalue weighted by Gasteiger charge is -2.05. The molecule has 1 atom stereocenters. The zero-order chi connectivity index (χ0) is 7.82. The summed E-state index contributed by atoms with van der Waals surface area (Å²) in [5.74, 6) is 2.47. The maximum atomic E-state index is 9.07. The van der Waals surface area contributed by atoms with E-state index in [0.29, 0.717) is 6.54 Å². The van der Waals surface area contributed by atoms with Gasteiger partial charge in [0.1, 0.15) is 0 Å². The third kappa shape index (κ3) is 5.61. The van der Waals surface area contributed by atoms with Crippen molar-refractivity contribution in [2.45, 2.75) is 25.9 Å². The van der Waals surface area contributed by atoms with Crippen molar-refractivity contribution in [3.05, 3.63) is 0 Å². The van der Waals surface area contributed by atoms with E-state index < -0.39 is 0 Å². The molecule has 2 nitrogen and oxygen atoms in total. The summed E-state index contributed by atoms with van der Waals surface area (Å²) in [5, 5.41) is 12.1. The molecular formula is C8H15NO. The molecule has 0 aliphatic heterocycles. The first-order chi connectivity index (χ1) is 4.81. The van der Waals surface area contributed by atoms with E-state index in [1.807, 2.05) is 6.92 Å². The van der Waals surface area contributed by atoms with Gasteiger partial charge < -0.3 is 10.4 Å². The number of rotatable bonds is 5. The van der Waals surface area contributed by atoms with Gasteiger partial charge in [-0.1, -0.05) is 12.8 Å². The van der Waals surface area contributed by atoms with E-state index >= 15 is 0 Å². The van der Waals surface area contributed by atoms with Gasteiger partial charge in [-0.25, -0.2) is 0 Å². The molecule has 10 heavy (non-hydrogen) atoms. The number of aliphatic hydroxyl groups excluding tert-OH is 1. The molecule has 58 valence electrons. The molecular weight excluding hydrogens is 126 g/mol. The lowest BCUT2D eigenvalue weighted by molar-refractivity contribution is 0.160. The highest BCUT2D eigenvalue weighted by atomic mass is 16.3. The van der Waals surface area contributed by atoms with Crippen LogP contribution in [0.1, 0.15) is 19.8 Å². The van der Waals surface area contributed by atoms with Crippen LogP contribution in [0.4, 0.5) is 0 Å². The van der Waals surface area contributed by atoms with E-state index in [9.17, 15) is 0 Å². The van der Waals surface area contributed by atoms with Gasteiger partial charge in [0.15, 0.2) is 0 Å². The molecule has 2 heteroatoms. The number of aliphatic hydroxyl groups is 1. The molecule has 0 aliphatic rings. The minimum Gasteiger partial charge on any atom is -0.393 e. The van der Waals surface area contributed by atoms with Gasteiger partial charge in [-0.15, -0.1) is 6.42 Å². The zero-order valence-electron chi connectivity index (χ0n) is 6.43. The Kier molecular flexibility index (Phi) is 6.25. The molecule has 0 fully saturated rings. The first kappa shape index (κ1) is 9.48. The average Bonchev–Trinajstić information content (AvgIpc) is 1.98. The molecule has 0 radical (unpaired) electrons. The number of hydrogen-bond acceptors (Lipinski definition) is 2. The van der Waals surface area contributed by atoms with E-state index in [4.69, 9.17) is 11.5 Å². The van der Waals surface area contributed by atoms with E-state index in [1.165, 1.54) is 0 Å². The lowest BCUT2D eigenvalue weighted by atomic mass is 10.2. The molecule has 0 heterocycles. The van der Waals surface area contributed by atoms with Gasteiger partial charge in [-0.3, -0.25) is 0 Å². The van der Waals surface area contributed by atoms with E-state index in [2.05, 4.69) is 11.2 Å². The van der Waals surface area contributed by atoms with Gasteiger partial charge >= 0.3 is 0 Å². The summed E-state index contributed by atoms with van der Waals surface area (Å²) in [6.45, 7) is 3.36.